The number of rotatable bonds is 6. The Morgan fingerprint density at radius 1 is 0.534 bits per heavy atom. The number of halogens is 2. The highest BCUT2D eigenvalue weighted by atomic mass is 35.5. The van der Waals surface area contributed by atoms with E-state index in [2.05, 4.69) is 15.3 Å². The molecular weight excluding hydrogens is 769 g/mol. The van der Waals surface area contributed by atoms with E-state index in [9.17, 15) is 0 Å². The largest absolute Gasteiger partial charge is 0.496 e. The lowest BCUT2D eigenvalue weighted by Gasteiger charge is -2.15. The molecule has 0 radical (unpaired) electrons. The molecule has 9 nitrogen and oxygen atoms in total. The van der Waals surface area contributed by atoms with Gasteiger partial charge in [0.05, 0.1) is 90.5 Å². The summed E-state index contributed by atoms with van der Waals surface area (Å²) in [4.78, 5) is 17.7. The number of aromatic amines is 2. The normalized spacial score (nSPS) is 12.2. The van der Waals surface area contributed by atoms with Crippen molar-refractivity contribution in [2.24, 2.45) is 9.98 Å². The summed E-state index contributed by atoms with van der Waals surface area (Å²) in [6.07, 6.45) is 4.10. The molecule has 0 amide bonds. The Balaban J connectivity index is 1.42. The number of para-hydroxylation sites is 4. The van der Waals surface area contributed by atoms with Crippen molar-refractivity contribution in [3.05, 3.63) is 142 Å². The molecule has 6 aromatic carbocycles. The number of benzene rings is 6. The van der Waals surface area contributed by atoms with E-state index in [-0.39, 0.29) is 0 Å². The van der Waals surface area contributed by atoms with Gasteiger partial charge in [0.2, 0.25) is 0 Å². The van der Waals surface area contributed by atoms with Crippen LogP contribution in [0, 0.1) is 0 Å². The second-order valence-electron chi connectivity index (χ2n) is 13.7. The molecule has 3 N–H and O–H groups in total. The molecule has 0 saturated carbocycles. The number of nitrogens with zero attached hydrogens (tertiary/aromatic N) is 2. The maximum Gasteiger partial charge on any atom is 0.133 e. The monoisotopic (exact) mass is 805 g/mol. The maximum absolute atomic E-state index is 6.46. The van der Waals surface area contributed by atoms with Crippen molar-refractivity contribution in [2.75, 3.05) is 33.8 Å². The van der Waals surface area contributed by atoms with Crippen LogP contribution in [-0.2, 0) is 6.42 Å². The van der Waals surface area contributed by atoms with Crippen molar-refractivity contribution in [3.63, 3.8) is 0 Å². The molecule has 2 aromatic heterocycles. The number of aliphatic imine (C=N–C) groups is 2. The number of anilines is 2. The Morgan fingerprint density at radius 2 is 1.05 bits per heavy atom. The van der Waals surface area contributed by atoms with Gasteiger partial charge in [0.25, 0.3) is 0 Å². The van der Waals surface area contributed by atoms with Crippen molar-refractivity contribution in [3.8, 4) is 45.3 Å². The second-order valence-corrected chi connectivity index (χ2v) is 14.6. The predicted molar refractivity (Wildman–Crippen MR) is 237 cm³/mol. The fraction of sp³-hybridized carbons (Fsp3) is 0.106. The van der Waals surface area contributed by atoms with Crippen LogP contribution in [0.25, 0.3) is 44.1 Å². The van der Waals surface area contributed by atoms with Gasteiger partial charge >= 0.3 is 0 Å². The van der Waals surface area contributed by atoms with Crippen LogP contribution in [-0.4, -0.2) is 50.8 Å². The quantitative estimate of drug-likeness (QED) is 0.155. The minimum atomic E-state index is 0.408. The first kappa shape index (κ1) is 36.9. The van der Waals surface area contributed by atoms with Gasteiger partial charge in [-0.3, -0.25) is 9.98 Å². The third-order valence-corrected chi connectivity index (χ3v) is 11.0. The standard InChI is InChI=1S/C47H37Cl2N5O4/c1-55-38-22-40(57-3)45-43(27-15-19-29(49)20-16-27)37-25-51-33-10-6-8-12-35(33)52-34-11-7-5-9-32(34)50-24-31-39(56-2)23-41(58-4)44-42(26-13-17-28(48)18-14-26)36(53-47(31)44)21-30(38)46(45)54-37/h5-20,22-25,52-54H,21H2,1-4H3. The van der Waals surface area contributed by atoms with Crippen LogP contribution in [0.4, 0.5) is 22.7 Å². The maximum atomic E-state index is 6.46. The molecule has 9 rings (SSSR count). The molecule has 288 valence electrons. The van der Waals surface area contributed by atoms with Gasteiger partial charge in [0.1, 0.15) is 23.0 Å². The number of hydrogen-bond acceptors (Lipinski definition) is 7. The molecule has 1 aliphatic heterocycles. The van der Waals surface area contributed by atoms with Gasteiger partial charge in [-0.05, 0) is 59.7 Å². The molecule has 58 heavy (non-hydrogen) atoms. The summed E-state index contributed by atoms with van der Waals surface area (Å²) in [6.45, 7) is 0. The summed E-state index contributed by atoms with van der Waals surface area (Å²) >= 11 is 12.9. The highest BCUT2D eigenvalue weighted by Crippen LogP contribution is 2.48. The first-order chi connectivity index (χ1) is 28.4. The first-order valence-electron chi connectivity index (χ1n) is 18.5. The summed E-state index contributed by atoms with van der Waals surface area (Å²) in [7, 11) is 6.65. The lowest BCUT2D eigenvalue weighted by molar-refractivity contribution is 0.395. The van der Waals surface area contributed by atoms with E-state index in [4.69, 9.17) is 52.1 Å². The second kappa shape index (κ2) is 15.3. The molecule has 1 aliphatic rings. The molecule has 3 heterocycles. The smallest absolute Gasteiger partial charge is 0.133 e. The molecule has 0 saturated heterocycles. The van der Waals surface area contributed by atoms with Crippen molar-refractivity contribution >= 4 is 80.2 Å². The molecule has 0 fully saturated rings. The SMILES string of the molecule is COc1cc(OC)c2c(-c3ccc(Cl)cc3)c3[nH]c2c1C=Nc1ccccc1Nc1ccccc1N=Cc1[nH]c2c(c(OC)cc(OC)c2c1-c1ccc(Cl)cc1)C3. The molecule has 0 spiro atoms. The predicted octanol–water partition coefficient (Wildman–Crippen LogP) is 12.5. The fourth-order valence-corrected chi connectivity index (χ4v) is 8.07. The zero-order chi connectivity index (χ0) is 39.9. The average molecular weight is 807 g/mol. The van der Waals surface area contributed by atoms with Crippen LogP contribution in [0.15, 0.2) is 119 Å². The Morgan fingerprint density at radius 3 is 1.64 bits per heavy atom. The average Bonchev–Trinajstić information content (AvgIpc) is 3.82. The Hall–Kier alpha value is -6.68. The molecule has 0 unspecified atom stereocenters. The van der Waals surface area contributed by atoms with Gasteiger partial charge < -0.3 is 34.2 Å². The number of nitrogens with one attached hydrogen (secondary N) is 3. The van der Waals surface area contributed by atoms with E-state index in [1.807, 2.05) is 122 Å². The summed E-state index contributed by atoms with van der Waals surface area (Å²) in [5.74, 6) is 2.51. The Kier molecular flexibility index (Phi) is 9.77. The number of ether oxygens (including phenoxy) is 4. The van der Waals surface area contributed by atoms with Crippen LogP contribution < -0.4 is 24.3 Å². The van der Waals surface area contributed by atoms with E-state index in [0.717, 1.165) is 89.3 Å². The number of aromatic nitrogens is 2. The highest BCUT2D eigenvalue weighted by molar-refractivity contribution is 6.31. The van der Waals surface area contributed by atoms with Crippen LogP contribution in [0.1, 0.15) is 22.5 Å². The lowest BCUT2D eigenvalue weighted by Crippen LogP contribution is -1.99. The molecule has 4 bridgehead atoms. The van der Waals surface area contributed by atoms with Gasteiger partial charge in [-0.25, -0.2) is 0 Å². The zero-order valence-electron chi connectivity index (χ0n) is 32.0. The number of methoxy groups -OCH3 is 4. The number of hydrogen-bond donors (Lipinski definition) is 3. The summed E-state index contributed by atoms with van der Waals surface area (Å²) in [5.41, 5.74) is 11.7. The lowest BCUT2D eigenvalue weighted by atomic mass is 9.94. The topological polar surface area (TPSA) is 105 Å². The molecular formula is C47H37Cl2N5O4. The van der Waals surface area contributed by atoms with Crippen molar-refractivity contribution in [2.45, 2.75) is 6.42 Å². The molecule has 8 aromatic rings. The number of fused-ring (bicyclic) bond motifs is 4. The van der Waals surface area contributed by atoms with Crippen LogP contribution in [0.2, 0.25) is 10.0 Å². The van der Waals surface area contributed by atoms with Crippen molar-refractivity contribution in [1.82, 2.24) is 9.97 Å². The Labute approximate surface area is 344 Å². The first-order valence-corrected chi connectivity index (χ1v) is 19.3. The van der Waals surface area contributed by atoms with E-state index in [1.165, 1.54) is 0 Å². The highest BCUT2D eigenvalue weighted by Gasteiger charge is 2.27. The van der Waals surface area contributed by atoms with Crippen LogP contribution in [0.3, 0.4) is 0 Å². The summed E-state index contributed by atoms with van der Waals surface area (Å²) in [5, 5.41) is 6.60. The van der Waals surface area contributed by atoms with Gasteiger partial charge in [0, 0.05) is 57.2 Å². The summed E-state index contributed by atoms with van der Waals surface area (Å²) < 4.78 is 24.4. The van der Waals surface area contributed by atoms with Gasteiger partial charge in [-0.1, -0.05) is 71.7 Å². The van der Waals surface area contributed by atoms with Crippen molar-refractivity contribution in [1.29, 1.82) is 0 Å². The third-order valence-electron chi connectivity index (χ3n) is 10.5. The van der Waals surface area contributed by atoms with Crippen molar-refractivity contribution < 1.29 is 18.9 Å². The third kappa shape index (κ3) is 6.48. The van der Waals surface area contributed by atoms with E-state index in [1.54, 1.807) is 28.4 Å². The van der Waals surface area contributed by atoms with Gasteiger partial charge in [-0.15, -0.1) is 0 Å². The van der Waals surface area contributed by atoms with Crippen LogP contribution in [0.5, 0.6) is 23.0 Å². The fourth-order valence-electron chi connectivity index (χ4n) is 7.82. The van der Waals surface area contributed by atoms with E-state index < -0.39 is 0 Å². The van der Waals surface area contributed by atoms with E-state index >= 15 is 0 Å². The summed E-state index contributed by atoms with van der Waals surface area (Å²) in [6, 6.07) is 35.3. The zero-order valence-corrected chi connectivity index (χ0v) is 33.5. The Bertz CT molecular complexity index is 2910. The minimum Gasteiger partial charge on any atom is -0.496 e. The molecule has 11 heteroatoms. The van der Waals surface area contributed by atoms with Gasteiger partial charge in [0.15, 0.2) is 0 Å². The minimum absolute atomic E-state index is 0.408. The van der Waals surface area contributed by atoms with E-state index in [0.29, 0.717) is 39.5 Å². The van der Waals surface area contributed by atoms with Crippen LogP contribution >= 0.6 is 23.2 Å². The molecule has 0 aliphatic carbocycles. The number of H-pyrrole nitrogens is 2. The van der Waals surface area contributed by atoms with Gasteiger partial charge in [-0.2, -0.15) is 0 Å². The molecule has 0 atom stereocenters.